The van der Waals surface area contributed by atoms with Crippen molar-refractivity contribution >= 4 is 57.3 Å². The maximum atomic E-state index is 12.1. The lowest BCUT2D eigenvalue weighted by atomic mass is 10.2. The largest absolute Gasteiger partial charge is 0.321 e. The minimum Gasteiger partial charge on any atom is -0.321 e. The number of anilines is 3. The summed E-state index contributed by atoms with van der Waals surface area (Å²) >= 11 is 7.46. The second-order valence-corrected chi connectivity index (χ2v) is 7.29. The second-order valence-electron chi connectivity index (χ2n) is 6.05. The zero-order chi connectivity index (χ0) is 20.1. The quantitative estimate of drug-likeness (QED) is 0.568. The van der Waals surface area contributed by atoms with Crippen LogP contribution in [0.2, 0.25) is 5.02 Å². The van der Waals surface area contributed by atoms with E-state index in [0.717, 1.165) is 11.3 Å². The molecule has 0 bridgehead atoms. The molecular formula is C21H18ClN3O2S. The van der Waals surface area contributed by atoms with Gasteiger partial charge in [0.15, 0.2) is 5.13 Å². The third kappa shape index (κ3) is 4.85. The number of hydrogen-bond donors (Lipinski definition) is 1. The van der Waals surface area contributed by atoms with E-state index in [0.29, 0.717) is 21.5 Å². The van der Waals surface area contributed by atoms with Gasteiger partial charge >= 0.3 is 0 Å². The molecule has 0 unspecified atom stereocenters. The van der Waals surface area contributed by atoms with Crippen molar-refractivity contribution in [2.45, 2.75) is 13.8 Å². The maximum Gasteiger partial charge on any atom is 0.248 e. The van der Waals surface area contributed by atoms with Crippen molar-refractivity contribution in [2.24, 2.45) is 0 Å². The van der Waals surface area contributed by atoms with Crippen LogP contribution in [0.25, 0.3) is 6.08 Å². The van der Waals surface area contributed by atoms with Crippen molar-refractivity contribution in [1.82, 2.24) is 4.98 Å². The minimum atomic E-state index is -0.313. The van der Waals surface area contributed by atoms with Crippen molar-refractivity contribution in [3.8, 4) is 0 Å². The molecule has 0 fully saturated rings. The number of benzene rings is 2. The average Bonchev–Trinajstić information content (AvgIpc) is 3.11. The van der Waals surface area contributed by atoms with E-state index in [9.17, 15) is 9.59 Å². The summed E-state index contributed by atoms with van der Waals surface area (Å²) in [4.78, 5) is 30.2. The van der Waals surface area contributed by atoms with Crippen LogP contribution in [0.5, 0.6) is 0 Å². The second kappa shape index (κ2) is 8.82. The van der Waals surface area contributed by atoms with Gasteiger partial charge in [0.2, 0.25) is 11.8 Å². The molecule has 0 aliphatic rings. The van der Waals surface area contributed by atoms with Gasteiger partial charge in [0.25, 0.3) is 0 Å². The number of carbonyl (C=O) groups is 2. The Kier molecular flexibility index (Phi) is 6.23. The third-order valence-corrected chi connectivity index (χ3v) is 4.98. The molecule has 2 aromatic carbocycles. The lowest BCUT2D eigenvalue weighted by Crippen LogP contribution is -2.22. The van der Waals surface area contributed by atoms with Gasteiger partial charge in [0.05, 0.1) is 22.1 Å². The van der Waals surface area contributed by atoms with Crippen molar-refractivity contribution in [3.63, 3.8) is 0 Å². The van der Waals surface area contributed by atoms with Gasteiger partial charge < -0.3 is 5.32 Å². The highest BCUT2D eigenvalue weighted by Gasteiger charge is 2.17. The van der Waals surface area contributed by atoms with Gasteiger partial charge in [-0.3, -0.25) is 14.5 Å². The smallest absolute Gasteiger partial charge is 0.248 e. The first kappa shape index (κ1) is 19.8. The van der Waals surface area contributed by atoms with E-state index in [1.165, 1.54) is 29.2 Å². The van der Waals surface area contributed by atoms with Crippen LogP contribution in [-0.4, -0.2) is 16.8 Å². The fraction of sp³-hybridized carbons (Fsp3) is 0.0952. The van der Waals surface area contributed by atoms with Crippen molar-refractivity contribution in [3.05, 3.63) is 76.3 Å². The average molecular weight is 412 g/mol. The molecule has 7 heteroatoms. The molecule has 0 aliphatic carbocycles. The number of aryl methyl sites for hydroxylation is 1. The Balaban J connectivity index is 1.72. The summed E-state index contributed by atoms with van der Waals surface area (Å²) in [6.07, 6.45) is 2.98. The number of carbonyl (C=O) groups excluding carboxylic acids is 2. The molecule has 28 heavy (non-hydrogen) atoms. The number of thiazole rings is 1. The molecule has 0 atom stereocenters. The highest BCUT2D eigenvalue weighted by Crippen LogP contribution is 2.29. The Morgan fingerprint density at radius 3 is 2.61 bits per heavy atom. The minimum absolute atomic E-state index is 0.136. The molecule has 5 nitrogen and oxygen atoms in total. The summed E-state index contributed by atoms with van der Waals surface area (Å²) in [5, 5.41) is 5.55. The molecule has 1 heterocycles. The Bertz CT molecular complexity index is 1030. The standard InChI is InChI=1S/C21H18ClN3O2S/c1-14-8-10-19(18(22)12-14)24-20(27)11-9-16-13-28-21(23-16)25(15(2)26)17-6-4-3-5-7-17/h3-13H,1-2H3,(H,24,27)/b11-9+. The number of para-hydroxylation sites is 1. The predicted molar refractivity (Wildman–Crippen MR) is 115 cm³/mol. The Morgan fingerprint density at radius 1 is 1.18 bits per heavy atom. The van der Waals surface area contributed by atoms with Crippen LogP contribution in [-0.2, 0) is 9.59 Å². The summed E-state index contributed by atoms with van der Waals surface area (Å²) in [6, 6.07) is 14.7. The summed E-state index contributed by atoms with van der Waals surface area (Å²) in [5.41, 5.74) is 2.90. The van der Waals surface area contributed by atoms with Gasteiger partial charge in [-0.15, -0.1) is 11.3 Å². The van der Waals surface area contributed by atoms with E-state index >= 15 is 0 Å². The normalized spacial score (nSPS) is 10.8. The number of amides is 2. The lowest BCUT2D eigenvalue weighted by molar-refractivity contribution is -0.116. The zero-order valence-electron chi connectivity index (χ0n) is 15.3. The van der Waals surface area contributed by atoms with E-state index in [2.05, 4.69) is 10.3 Å². The van der Waals surface area contributed by atoms with Gasteiger partial charge in [0, 0.05) is 18.4 Å². The van der Waals surface area contributed by atoms with Crippen LogP contribution < -0.4 is 10.2 Å². The molecule has 3 rings (SSSR count). The molecule has 3 aromatic rings. The van der Waals surface area contributed by atoms with Gasteiger partial charge in [-0.05, 0) is 42.8 Å². The maximum absolute atomic E-state index is 12.1. The van der Waals surface area contributed by atoms with Gasteiger partial charge in [-0.2, -0.15) is 0 Å². The molecule has 142 valence electrons. The first-order chi connectivity index (χ1) is 13.4. The first-order valence-electron chi connectivity index (χ1n) is 8.50. The van der Waals surface area contributed by atoms with E-state index in [1.807, 2.05) is 43.3 Å². The molecule has 0 spiro atoms. The van der Waals surface area contributed by atoms with Crippen LogP contribution >= 0.6 is 22.9 Å². The SMILES string of the molecule is CC(=O)N(c1ccccc1)c1nc(/C=C/C(=O)Nc2ccc(C)cc2Cl)cs1. The fourth-order valence-corrected chi connectivity index (χ4v) is 3.65. The van der Waals surface area contributed by atoms with Crippen LogP contribution in [0.1, 0.15) is 18.2 Å². The number of nitrogens with zero attached hydrogens (tertiary/aromatic N) is 2. The van der Waals surface area contributed by atoms with Crippen molar-refractivity contribution in [2.75, 3.05) is 10.2 Å². The van der Waals surface area contributed by atoms with Crippen molar-refractivity contribution in [1.29, 1.82) is 0 Å². The molecule has 0 saturated carbocycles. The summed E-state index contributed by atoms with van der Waals surface area (Å²) < 4.78 is 0. The number of rotatable bonds is 5. The molecular weight excluding hydrogens is 394 g/mol. The highest BCUT2D eigenvalue weighted by molar-refractivity contribution is 7.14. The van der Waals surface area contributed by atoms with Crippen LogP contribution in [0, 0.1) is 6.92 Å². The summed E-state index contributed by atoms with van der Waals surface area (Å²) in [7, 11) is 0. The number of nitrogens with one attached hydrogen (secondary N) is 1. The number of hydrogen-bond acceptors (Lipinski definition) is 4. The van der Waals surface area contributed by atoms with Crippen molar-refractivity contribution < 1.29 is 9.59 Å². The Hall–Kier alpha value is -2.96. The van der Waals surface area contributed by atoms with Crippen LogP contribution in [0.15, 0.2) is 60.0 Å². The number of halogens is 1. The van der Waals surface area contributed by atoms with Gasteiger partial charge in [-0.25, -0.2) is 4.98 Å². The third-order valence-electron chi connectivity index (χ3n) is 3.82. The first-order valence-corrected chi connectivity index (χ1v) is 9.76. The van der Waals surface area contributed by atoms with Gasteiger partial charge in [0.1, 0.15) is 0 Å². The Morgan fingerprint density at radius 2 is 1.93 bits per heavy atom. The van der Waals surface area contributed by atoms with E-state index in [4.69, 9.17) is 11.6 Å². The molecule has 0 aliphatic heterocycles. The monoisotopic (exact) mass is 411 g/mol. The highest BCUT2D eigenvalue weighted by atomic mass is 35.5. The summed E-state index contributed by atoms with van der Waals surface area (Å²) in [6.45, 7) is 3.42. The number of aromatic nitrogens is 1. The fourth-order valence-electron chi connectivity index (χ4n) is 2.52. The predicted octanol–water partition coefficient (Wildman–Crippen LogP) is 5.44. The Labute approximate surface area is 172 Å². The van der Waals surface area contributed by atoms with Gasteiger partial charge in [-0.1, -0.05) is 35.9 Å². The van der Waals surface area contributed by atoms with E-state index in [1.54, 1.807) is 23.6 Å². The topological polar surface area (TPSA) is 62.3 Å². The van der Waals surface area contributed by atoms with Crippen LogP contribution in [0.3, 0.4) is 0 Å². The van der Waals surface area contributed by atoms with Crippen LogP contribution in [0.4, 0.5) is 16.5 Å². The van der Waals surface area contributed by atoms with E-state index in [-0.39, 0.29) is 11.8 Å². The lowest BCUT2D eigenvalue weighted by Gasteiger charge is -2.17. The molecule has 0 saturated heterocycles. The molecule has 1 aromatic heterocycles. The van der Waals surface area contributed by atoms with E-state index < -0.39 is 0 Å². The summed E-state index contributed by atoms with van der Waals surface area (Å²) in [5.74, 6) is -0.449. The molecule has 1 N–H and O–H groups in total. The molecule has 2 amide bonds. The zero-order valence-corrected chi connectivity index (χ0v) is 16.9. The molecule has 0 radical (unpaired) electrons.